The fraction of sp³-hybridized carbons (Fsp3) is 0.320. The molecule has 1 aromatic carbocycles. The molecule has 0 atom stereocenters. The summed E-state index contributed by atoms with van der Waals surface area (Å²) in [6, 6.07) is 10.9. The van der Waals surface area contributed by atoms with Crippen molar-refractivity contribution >= 4 is 10.9 Å². The maximum atomic E-state index is 13.4. The Morgan fingerprint density at radius 1 is 0.912 bits per heavy atom. The van der Waals surface area contributed by atoms with Crippen molar-refractivity contribution in [2.45, 2.75) is 31.9 Å². The average Bonchev–Trinajstić information content (AvgIpc) is 3.18. The SMILES string of the molecule is COc1cc2cc(-c3ccc(Cc4cc(C(C)(C)C(F)(F)F)nn4C)cn3)cnc2cc1OC. The van der Waals surface area contributed by atoms with Crippen molar-refractivity contribution in [1.82, 2.24) is 19.7 Å². The number of benzene rings is 1. The van der Waals surface area contributed by atoms with Gasteiger partial charge >= 0.3 is 6.18 Å². The summed E-state index contributed by atoms with van der Waals surface area (Å²) >= 11 is 0. The predicted molar refractivity (Wildman–Crippen MR) is 123 cm³/mol. The summed E-state index contributed by atoms with van der Waals surface area (Å²) < 4.78 is 52.4. The van der Waals surface area contributed by atoms with Gasteiger partial charge in [0.15, 0.2) is 11.5 Å². The first kappa shape index (κ1) is 23.5. The van der Waals surface area contributed by atoms with Gasteiger partial charge < -0.3 is 9.47 Å². The van der Waals surface area contributed by atoms with E-state index in [0.29, 0.717) is 23.6 Å². The number of methoxy groups -OCH3 is 2. The molecule has 0 aliphatic heterocycles. The van der Waals surface area contributed by atoms with Crippen LogP contribution < -0.4 is 9.47 Å². The van der Waals surface area contributed by atoms with Gasteiger partial charge in [-0.2, -0.15) is 18.3 Å². The van der Waals surface area contributed by atoms with Crippen molar-refractivity contribution in [1.29, 1.82) is 0 Å². The number of fused-ring (bicyclic) bond motifs is 1. The van der Waals surface area contributed by atoms with Crippen molar-refractivity contribution in [3.8, 4) is 22.8 Å². The monoisotopic (exact) mass is 470 g/mol. The lowest BCUT2D eigenvalue weighted by Crippen LogP contribution is -2.36. The molecule has 9 heteroatoms. The van der Waals surface area contributed by atoms with E-state index in [1.807, 2.05) is 30.3 Å². The number of rotatable bonds is 6. The number of alkyl halides is 3. The van der Waals surface area contributed by atoms with Crippen LogP contribution in [0.15, 0.2) is 48.8 Å². The highest BCUT2D eigenvalue weighted by Crippen LogP contribution is 2.40. The van der Waals surface area contributed by atoms with E-state index >= 15 is 0 Å². The van der Waals surface area contributed by atoms with Crippen LogP contribution in [0.25, 0.3) is 22.2 Å². The zero-order valence-electron chi connectivity index (χ0n) is 19.6. The summed E-state index contributed by atoms with van der Waals surface area (Å²) in [6.07, 6.45) is -0.513. The Morgan fingerprint density at radius 2 is 1.62 bits per heavy atom. The van der Waals surface area contributed by atoms with Crippen LogP contribution in [0.3, 0.4) is 0 Å². The third-order valence-corrected chi connectivity index (χ3v) is 6.02. The molecule has 0 amide bonds. The Morgan fingerprint density at radius 3 is 2.24 bits per heavy atom. The van der Waals surface area contributed by atoms with Crippen LogP contribution in [-0.2, 0) is 18.9 Å². The number of pyridine rings is 2. The molecule has 0 radical (unpaired) electrons. The molecule has 4 rings (SSSR count). The van der Waals surface area contributed by atoms with E-state index in [9.17, 15) is 13.2 Å². The Labute approximate surface area is 195 Å². The number of hydrogen-bond donors (Lipinski definition) is 0. The highest BCUT2D eigenvalue weighted by atomic mass is 19.4. The second-order valence-corrected chi connectivity index (χ2v) is 8.62. The number of halogens is 3. The van der Waals surface area contributed by atoms with Crippen LogP contribution in [0, 0.1) is 0 Å². The lowest BCUT2D eigenvalue weighted by atomic mass is 9.88. The molecule has 3 aromatic heterocycles. The van der Waals surface area contributed by atoms with Gasteiger partial charge in [-0.25, -0.2) is 0 Å². The van der Waals surface area contributed by atoms with Gasteiger partial charge in [0.1, 0.15) is 5.41 Å². The second-order valence-electron chi connectivity index (χ2n) is 8.62. The Bertz CT molecular complexity index is 1330. The fourth-order valence-electron chi connectivity index (χ4n) is 3.63. The number of nitrogens with zero attached hydrogens (tertiary/aromatic N) is 4. The molecule has 0 bridgehead atoms. The highest BCUT2D eigenvalue weighted by Gasteiger charge is 2.50. The molecule has 0 saturated carbocycles. The summed E-state index contributed by atoms with van der Waals surface area (Å²) in [7, 11) is 4.81. The van der Waals surface area contributed by atoms with Gasteiger partial charge in [-0.15, -0.1) is 0 Å². The van der Waals surface area contributed by atoms with E-state index in [1.165, 1.54) is 10.7 Å². The minimum atomic E-state index is -4.38. The van der Waals surface area contributed by atoms with Crippen molar-refractivity contribution < 1.29 is 22.6 Å². The summed E-state index contributed by atoms with van der Waals surface area (Å²) in [5.41, 5.74) is 1.85. The van der Waals surface area contributed by atoms with Crippen LogP contribution >= 0.6 is 0 Å². The van der Waals surface area contributed by atoms with Crippen LogP contribution in [0.1, 0.15) is 30.8 Å². The standard InChI is InChI=1S/C25H25F3N4O2/c1-24(2,25(26,27)28)23-11-18(32(3)31-23)8-15-6-7-19(29-13-15)17-9-16-10-21(33-4)22(34-5)12-20(16)30-14-17/h6-7,9-14H,8H2,1-5H3. The molecule has 34 heavy (non-hydrogen) atoms. The molecule has 0 spiro atoms. The molecule has 0 saturated heterocycles. The number of ether oxygens (including phenoxy) is 2. The first-order valence-corrected chi connectivity index (χ1v) is 10.6. The minimum absolute atomic E-state index is 0.00336. The Kier molecular flexibility index (Phi) is 5.97. The minimum Gasteiger partial charge on any atom is -0.493 e. The molecule has 0 N–H and O–H groups in total. The van der Waals surface area contributed by atoms with E-state index in [2.05, 4.69) is 15.1 Å². The van der Waals surface area contributed by atoms with Gasteiger partial charge in [-0.1, -0.05) is 6.07 Å². The van der Waals surface area contributed by atoms with Gasteiger partial charge in [-0.3, -0.25) is 14.6 Å². The van der Waals surface area contributed by atoms with Crippen LogP contribution in [0.4, 0.5) is 13.2 Å². The van der Waals surface area contributed by atoms with Gasteiger partial charge in [0.25, 0.3) is 0 Å². The molecular weight excluding hydrogens is 445 g/mol. The van der Waals surface area contributed by atoms with Crippen molar-refractivity contribution in [2.24, 2.45) is 7.05 Å². The second kappa shape index (κ2) is 8.62. The molecule has 3 heterocycles. The van der Waals surface area contributed by atoms with Gasteiger partial charge in [0.05, 0.1) is 31.1 Å². The lowest BCUT2D eigenvalue weighted by Gasteiger charge is -2.25. The molecular formula is C25H25F3N4O2. The zero-order chi connectivity index (χ0) is 24.7. The molecule has 178 valence electrons. The van der Waals surface area contributed by atoms with Crippen molar-refractivity contribution in [3.63, 3.8) is 0 Å². The first-order chi connectivity index (χ1) is 16.0. The van der Waals surface area contributed by atoms with E-state index in [0.717, 1.165) is 41.6 Å². The summed E-state index contributed by atoms with van der Waals surface area (Å²) in [5.74, 6) is 1.22. The number of aromatic nitrogens is 4. The molecule has 0 fully saturated rings. The third-order valence-electron chi connectivity index (χ3n) is 6.02. The lowest BCUT2D eigenvalue weighted by molar-refractivity contribution is -0.181. The zero-order valence-corrected chi connectivity index (χ0v) is 19.6. The van der Waals surface area contributed by atoms with Crippen LogP contribution in [0.5, 0.6) is 11.5 Å². The normalized spacial score (nSPS) is 12.2. The highest BCUT2D eigenvalue weighted by molar-refractivity contribution is 5.86. The molecule has 0 unspecified atom stereocenters. The van der Waals surface area contributed by atoms with Crippen LogP contribution in [0.2, 0.25) is 0 Å². The molecule has 0 aliphatic carbocycles. The summed E-state index contributed by atoms with van der Waals surface area (Å²) in [6.45, 7) is 2.28. The van der Waals surface area contributed by atoms with Crippen molar-refractivity contribution in [2.75, 3.05) is 14.2 Å². The maximum absolute atomic E-state index is 13.4. The summed E-state index contributed by atoms with van der Waals surface area (Å²) in [4.78, 5) is 9.06. The fourth-order valence-corrected chi connectivity index (χ4v) is 3.63. The molecule has 4 aromatic rings. The van der Waals surface area contributed by atoms with E-state index in [4.69, 9.17) is 9.47 Å². The molecule has 6 nitrogen and oxygen atoms in total. The van der Waals surface area contributed by atoms with E-state index in [1.54, 1.807) is 33.7 Å². The Hall–Kier alpha value is -3.62. The number of aryl methyl sites for hydroxylation is 1. The smallest absolute Gasteiger partial charge is 0.399 e. The number of hydrogen-bond acceptors (Lipinski definition) is 5. The third kappa shape index (κ3) is 4.30. The Balaban J connectivity index is 1.58. The van der Waals surface area contributed by atoms with Crippen LogP contribution in [-0.4, -0.2) is 40.1 Å². The quantitative estimate of drug-likeness (QED) is 0.374. The predicted octanol–water partition coefficient (Wildman–Crippen LogP) is 5.48. The topological polar surface area (TPSA) is 62.1 Å². The average molecular weight is 470 g/mol. The van der Waals surface area contributed by atoms with Gasteiger partial charge in [0.2, 0.25) is 0 Å². The molecule has 0 aliphatic rings. The van der Waals surface area contributed by atoms with Gasteiger partial charge in [0, 0.05) is 48.6 Å². The summed E-state index contributed by atoms with van der Waals surface area (Å²) in [5, 5.41) is 5.00. The largest absolute Gasteiger partial charge is 0.493 e. The van der Waals surface area contributed by atoms with E-state index < -0.39 is 11.6 Å². The van der Waals surface area contributed by atoms with E-state index in [-0.39, 0.29) is 5.69 Å². The maximum Gasteiger partial charge on any atom is 0.399 e. The van der Waals surface area contributed by atoms with Crippen molar-refractivity contribution in [3.05, 3.63) is 65.7 Å². The van der Waals surface area contributed by atoms with Gasteiger partial charge in [-0.05, 0) is 43.7 Å². The first-order valence-electron chi connectivity index (χ1n) is 10.6.